The molecule has 0 radical (unpaired) electrons. The number of hydrogen-bond donors (Lipinski definition) is 0. The molecule has 0 spiro atoms. The Bertz CT molecular complexity index is 301. The summed E-state index contributed by atoms with van der Waals surface area (Å²) in [6, 6.07) is 1.62. The molecule has 3 fully saturated rings. The van der Waals surface area contributed by atoms with E-state index in [0.29, 0.717) is 5.41 Å². The number of nitrogens with zero attached hydrogens (tertiary/aromatic N) is 2. The topological polar surface area (TPSA) is 6.48 Å². The standard InChI is InChI=1S/C16H29BrN2/c1-14-10-18-9-5-6-15(18)11-19(14)13-16(12-17)7-3-2-4-8-16/h14-15H,2-13H2,1H3. The van der Waals surface area contributed by atoms with E-state index in [1.807, 2.05) is 0 Å². The van der Waals surface area contributed by atoms with Crippen LogP contribution in [-0.4, -0.2) is 53.4 Å². The van der Waals surface area contributed by atoms with Crippen molar-refractivity contribution in [3.63, 3.8) is 0 Å². The van der Waals surface area contributed by atoms with Gasteiger partial charge in [0.15, 0.2) is 0 Å². The molecule has 0 aromatic heterocycles. The minimum absolute atomic E-state index is 0.577. The number of alkyl halides is 1. The zero-order valence-corrected chi connectivity index (χ0v) is 14.0. The van der Waals surface area contributed by atoms with Gasteiger partial charge in [-0.05, 0) is 44.6 Å². The monoisotopic (exact) mass is 328 g/mol. The SMILES string of the molecule is CC1CN2CCCC2CN1CC1(CBr)CCCCC1. The summed E-state index contributed by atoms with van der Waals surface area (Å²) in [6.45, 7) is 7.77. The normalized spacial score (nSPS) is 36.3. The Hall–Kier alpha value is 0.400. The summed E-state index contributed by atoms with van der Waals surface area (Å²) in [5.41, 5.74) is 0.577. The second kappa shape index (κ2) is 6.03. The van der Waals surface area contributed by atoms with Crippen molar-refractivity contribution in [1.82, 2.24) is 9.80 Å². The molecule has 0 aromatic rings. The smallest absolute Gasteiger partial charge is 0.0224 e. The molecule has 2 saturated heterocycles. The summed E-state index contributed by atoms with van der Waals surface area (Å²) in [4.78, 5) is 5.56. The maximum atomic E-state index is 3.83. The highest BCUT2D eigenvalue weighted by Crippen LogP contribution is 2.39. The first-order valence-electron chi connectivity index (χ1n) is 8.26. The Labute approximate surface area is 127 Å². The molecular weight excluding hydrogens is 300 g/mol. The molecular formula is C16H29BrN2. The fourth-order valence-electron chi connectivity index (χ4n) is 4.53. The van der Waals surface area contributed by atoms with Crippen molar-refractivity contribution in [2.75, 3.05) is 31.5 Å². The Morgan fingerprint density at radius 3 is 2.63 bits per heavy atom. The van der Waals surface area contributed by atoms with Gasteiger partial charge in [0.2, 0.25) is 0 Å². The lowest BCUT2D eigenvalue weighted by molar-refractivity contribution is 0.0212. The molecule has 2 aliphatic heterocycles. The van der Waals surface area contributed by atoms with Gasteiger partial charge in [0.1, 0.15) is 0 Å². The average molecular weight is 329 g/mol. The van der Waals surface area contributed by atoms with Crippen LogP contribution in [0.15, 0.2) is 0 Å². The summed E-state index contributed by atoms with van der Waals surface area (Å²) in [5.74, 6) is 0. The van der Waals surface area contributed by atoms with Crippen LogP contribution in [0.25, 0.3) is 0 Å². The lowest BCUT2D eigenvalue weighted by Crippen LogP contribution is -2.57. The third-order valence-electron chi connectivity index (χ3n) is 5.80. The molecule has 2 nitrogen and oxygen atoms in total. The van der Waals surface area contributed by atoms with Crippen LogP contribution in [0.5, 0.6) is 0 Å². The summed E-state index contributed by atoms with van der Waals surface area (Å²) >= 11 is 3.83. The van der Waals surface area contributed by atoms with Gasteiger partial charge < -0.3 is 0 Å². The fraction of sp³-hybridized carbons (Fsp3) is 1.00. The van der Waals surface area contributed by atoms with E-state index in [0.717, 1.165) is 12.1 Å². The molecule has 3 aliphatic rings. The van der Waals surface area contributed by atoms with E-state index in [4.69, 9.17) is 0 Å². The summed E-state index contributed by atoms with van der Waals surface area (Å²) in [6.07, 6.45) is 10.1. The molecule has 3 rings (SSSR count). The molecule has 1 saturated carbocycles. The van der Waals surface area contributed by atoms with Crippen molar-refractivity contribution in [3.8, 4) is 0 Å². The first-order valence-corrected chi connectivity index (χ1v) is 9.39. The first kappa shape index (κ1) is 14.3. The van der Waals surface area contributed by atoms with Crippen LogP contribution in [0.2, 0.25) is 0 Å². The zero-order chi connectivity index (χ0) is 13.3. The highest BCUT2D eigenvalue weighted by Gasteiger charge is 2.39. The quantitative estimate of drug-likeness (QED) is 0.731. The van der Waals surface area contributed by atoms with E-state index >= 15 is 0 Å². The molecule has 0 amide bonds. The number of piperazine rings is 1. The predicted octanol–water partition coefficient (Wildman–Crippen LogP) is 3.50. The highest BCUT2D eigenvalue weighted by atomic mass is 79.9. The molecule has 0 N–H and O–H groups in total. The van der Waals surface area contributed by atoms with Gasteiger partial charge in [0.05, 0.1) is 0 Å². The third kappa shape index (κ3) is 3.03. The van der Waals surface area contributed by atoms with Crippen molar-refractivity contribution >= 4 is 15.9 Å². The fourth-order valence-corrected chi connectivity index (χ4v) is 5.27. The Balaban J connectivity index is 1.64. The summed E-state index contributed by atoms with van der Waals surface area (Å²) in [5, 5.41) is 1.21. The van der Waals surface area contributed by atoms with Crippen molar-refractivity contribution in [3.05, 3.63) is 0 Å². The lowest BCUT2D eigenvalue weighted by atomic mass is 9.75. The van der Waals surface area contributed by atoms with Crippen molar-refractivity contribution in [1.29, 1.82) is 0 Å². The molecule has 2 atom stereocenters. The van der Waals surface area contributed by atoms with Gasteiger partial charge in [-0.1, -0.05) is 35.2 Å². The molecule has 0 bridgehead atoms. The van der Waals surface area contributed by atoms with E-state index in [1.165, 1.54) is 76.5 Å². The minimum atomic E-state index is 0.577. The van der Waals surface area contributed by atoms with Crippen LogP contribution < -0.4 is 0 Å². The van der Waals surface area contributed by atoms with Crippen molar-refractivity contribution in [2.45, 2.75) is 64.0 Å². The van der Waals surface area contributed by atoms with Gasteiger partial charge in [-0.3, -0.25) is 9.80 Å². The predicted molar refractivity (Wildman–Crippen MR) is 84.9 cm³/mol. The maximum absolute atomic E-state index is 3.83. The van der Waals surface area contributed by atoms with Crippen molar-refractivity contribution < 1.29 is 0 Å². The van der Waals surface area contributed by atoms with E-state index in [-0.39, 0.29) is 0 Å². The Morgan fingerprint density at radius 1 is 1.11 bits per heavy atom. The van der Waals surface area contributed by atoms with Crippen LogP contribution in [-0.2, 0) is 0 Å². The van der Waals surface area contributed by atoms with Crippen LogP contribution in [0.3, 0.4) is 0 Å². The van der Waals surface area contributed by atoms with E-state index in [1.54, 1.807) is 0 Å². The first-order chi connectivity index (χ1) is 9.22. The van der Waals surface area contributed by atoms with Gasteiger partial charge >= 0.3 is 0 Å². The molecule has 2 heterocycles. The Kier molecular flexibility index (Phi) is 4.55. The van der Waals surface area contributed by atoms with Gasteiger partial charge in [0, 0.05) is 37.0 Å². The minimum Gasteiger partial charge on any atom is -0.298 e. The number of halogens is 1. The molecule has 3 heteroatoms. The molecule has 0 aromatic carbocycles. The second-order valence-electron chi connectivity index (χ2n) is 7.26. The Morgan fingerprint density at radius 2 is 1.89 bits per heavy atom. The van der Waals surface area contributed by atoms with Crippen LogP contribution in [0.4, 0.5) is 0 Å². The molecule has 110 valence electrons. The molecule has 1 aliphatic carbocycles. The largest absolute Gasteiger partial charge is 0.298 e. The van der Waals surface area contributed by atoms with Gasteiger partial charge in [0.25, 0.3) is 0 Å². The number of fused-ring (bicyclic) bond motifs is 1. The lowest BCUT2D eigenvalue weighted by Gasteiger charge is -2.47. The van der Waals surface area contributed by atoms with Crippen LogP contribution >= 0.6 is 15.9 Å². The van der Waals surface area contributed by atoms with E-state index < -0.39 is 0 Å². The summed E-state index contributed by atoms with van der Waals surface area (Å²) < 4.78 is 0. The highest BCUT2D eigenvalue weighted by molar-refractivity contribution is 9.09. The van der Waals surface area contributed by atoms with Gasteiger partial charge in [-0.25, -0.2) is 0 Å². The van der Waals surface area contributed by atoms with E-state index in [2.05, 4.69) is 32.7 Å². The average Bonchev–Trinajstić information content (AvgIpc) is 2.87. The molecule has 2 unspecified atom stereocenters. The van der Waals surface area contributed by atoms with Gasteiger partial charge in [-0.15, -0.1) is 0 Å². The second-order valence-corrected chi connectivity index (χ2v) is 7.82. The van der Waals surface area contributed by atoms with Crippen molar-refractivity contribution in [2.24, 2.45) is 5.41 Å². The van der Waals surface area contributed by atoms with Gasteiger partial charge in [-0.2, -0.15) is 0 Å². The van der Waals surface area contributed by atoms with Crippen LogP contribution in [0.1, 0.15) is 51.9 Å². The van der Waals surface area contributed by atoms with E-state index in [9.17, 15) is 0 Å². The third-order valence-corrected chi connectivity index (χ3v) is 6.99. The van der Waals surface area contributed by atoms with Crippen LogP contribution in [0, 0.1) is 5.41 Å². The number of hydrogen-bond acceptors (Lipinski definition) is 2. The number of rotatable bonds is 3. The maximum Gasteiger partial charge on any atom is 0.0224 e. The zero-order valence-electron chi connectivity index (χ0n) is 12.4. The molecule has 19 heavy (non-hydrogen) atoms. The summed E-state index contributed by atoms with van der Waals surface area (Å²) in [7, 11) is 0.